The standard InChI is InChI=1S/C18H17FN2O2/c19-14-6-7-16-13(9-14)10-17(21-16)18(23)20-15(11-22)8-12-4-2-1-3-5-12/h1-7,9-10,15,21-22H,8,11H2,(H,20,23). The SMILES string of the molecule is O=C(NC(CO)Cc1ccccc1)c1cc2cc(F)ccc2[nH]1. The highest BCUT2D eigenvalue weighted by atomic mass is 19.1. The Balaban J connectivity index is 1.73. The Bertz CT molecular complexity index is 814. The second kappa shape index (κ2) is 6.62. The number of fused-ring (bicyclic) bond motifs is 1. The first-order valence-corrected chi connectivity index (χ1v) is 7.39. The number of halogens is 1. The molecular weight excluding hydrogens is 295 g/mol. The number of carbonyl (C=O) groups excluding carboxylic acids is 1. The van der Waals surface area contributed by atoms with Crippen molar-refractivity contribution in [1.82, 2.24) is 10.3 Å². The number of benzene rings is 2. The lowest BCUT2D eigenvalue weighted by atomic mass is 10.1. The largest absolute Gasteiger partial charge is 0.394 e. The summed E-state index contributed by atoms with van der Waals surface area (Å²) in [7, 11) is 0. The molecule has 1 aromatic heterocycles. The Hall–Kier alpha value is -2.66. The molecule has 0 saturated carbocycles. The third-order valence-corrected chi connectivity index (χ3v) is 3.71. The van der Waals surface area contributed by atoms with Crippen molar-refractivity contribution >= 4 is 16.8 Å². The molecule has 0 radical (unpaired) electrons. The van der Waals surface area contributed by atoms with Crippen LogP contribution in [-0.2, 0) is 6.42 Å². The Kier molecular flexibility index (Phi) is 4.39. The molecule has 0 aliphatic heterocycles. The molecule has 23 heavy (non-hydrogen) atoms. The smallest absolute Gasteiger partial charge is 0.268 e. The lowest BCUT2D eigenvalue weighted by molar-refractivity contribution is 0.0912. The maximum absolute atomic E-state index is 13.2. The van der Waals surface area contributed by atoms with Crippen molar-refractivity contribution in [2.24, 2.45) is 0 Å². The first-order chi connectivity index (χ1) is 11.2. The lowest BCUT2D eigenvalue weighted by Gasteiger charge is -2.15. The van der Waals surface area contributed by atoms with E-state index in [4.69, 9.17) is 0 Å². The van der Waals surface area contributed by atoms with Gasteiger partial charge in [0.05, 0.1) is 12.6 Å². The first kappa shape index (κ1) is 15.2. The molecule has 5 heteroatoms. The van der Waals surface area contributed by atoms with Crippen LogP contribution in [0.5, 0.6) is 0 Å². The van der Waals surface area contributed by atoms with Gasteiger partial charge in [0.1, 0.15) is 11.5 Å². The Morgan fingerprint density at radius 1 is 1.17 bits per heavy atom. The summed E-state index contributed by atoms with van der Waals surface area (Å²) in [5.74, 6) is -0.669. The molecular formula is C18H17FN2O2. The molecule has 3 N–H and O–H groups in total. The van der Waals surface area contributed by atoms with Crippen LogP contribution in [0.4, 0.5) is 4.39 Å². The summed E-state index contributed by atoms with van der Waals surface area (Å²) in [4.78, 5) is 15.3. The van der Waals surface area contributed by atoms with Crippen molar-refractivity contribution < 1.29 is 14.3 Å². The van der Waals surface area contributed by atoms with E-state index in [1.165, 1.54) is 12.1 Å². The number of aromatic nitrogens is 1. The first-order valence-electron chi connectivity index (χ1n) is 7.39. The van der Waals surface area contributed by atoms with E-state index in [0.29, 0.717) is 23.0 Å². The van der Waals surface area contributed by atoms with Gasteiger partial charge in [-0.3, -0.25) is 4.79 Å². The maximum Gasteiger partial charge on any atom is 0.268 e. The molecule has 1 amide bonds. The molecule has 3 rings (SSSR count). The summed E-state index contributed by atoms with van der Waals surface area (Å²) in [6.07, 6.45) is 0.540. The maximum atomic E-state index is 13.2. The van der Waals surface area contributed by atoms with Crippen LogP contribution in [0.15, 0.2) is 54.6 Å². The molecule has 0 saturated heterocycles. The highest BCUT2D eigenvalue weighted by molar-refractivity contribution is 5.98. The summed E-state index contributed by atoms with van der Waals surface area (Å²) in [5, 5.41) is 12.9. The third kappa shape index (κ3) is 3.57. The topological polar surface area (TPSA) is 65.1 Å². The molecule has 0 fully saturated rings. The normalized spacial score (nSPS) is 12.3. The van der Waals surface area contributed by atoms with Gasteiger partial charge in [-0.1, -0.05) is 30.3 Å². The fraction of sp³-hybridized carbons (Fsp3) is 0.167. The molecule has 2 aromatic carbocycles. The molecule has 3 aromatic rings. The molecule has 1 unspecified atom stereocenters. The monoisotopic (exact) mass is 312 g/mol. The highest BCUT2D eigenvalue weighted by Gasteiger charge is 2.15. The molecule has 0 aliphatic carbocycles. The minimum atomic E-state index is -0.381. The molecule has 1 heterocycles. The van der Waals surface area contributed by atoms with Gasteiger partial charge in [0.25, 0.3) is 5.91 Å². The number of amides is 1. The van der Waals surface area contributed by atoms with Crippen molar-refractivity contribution in [2.45, 2.75) is 12.5 Å². The van der Waals surface area contributed by atoms with E-state index < -0.39 is 0 Å². The summed E-state index contributed by atoms with van der Waals surface area (Å²) in [6, 6.07) is 15.2. The Morgan fingerprint density at radius 2 is 1.96 bits per heavy atom. The van der Waals surface area contributed by atoms with Gasteiger partial charge in [0.15, 0.2) is 0 Å². The quantitative estimate of drug-likeness (QED) is 0.678. The fourth-order valence-electron chi connectivity index (χ4n) is 2.55. The van der Waals surface area contributed by atoms with Crippen LogP contribution in [0.3, 0.4) is 0 Å². The Morgan fingerprint density at radius 3 is 2.70 bits per heavy atom. The van der Waals surface area contributed by atoms with Crippen LogP contribution in [-0.4, -0.2) is 28.6 Å². The van der Waals surface area contributed by atoms with E-state index in [0.717, 1.165) is 5.56 Å². The predicted molar refractivity (Wildman–Crippen MR) is 86.7 cm³/mol. The van der Waals surface area contributed by atoms with Gasteiger partial charge < -0.3 is 15.4 Å². The molecule has 1 atom stereocenters. The van der Waals surface area contributed by atoms with Gasteiger partial charge in [-0.05, 0) is 36.2 Å². The van der Waals surface area contributed by atoms with Crippen molar-refractivity contribution in [3.05, 3.63) is 71.7 Å². The fourth-order valence-corrected chi connectivity index (χ4v) is 2.55. The molecule has 0 aliphatic rings. The minimum Gasteiger partial charge on any atom is -0.394 e. The second-order valence-corrected chi connectivity index (χ2v) is 5.46. The predicted octanol–water partition coefficient (Wildman–Crippen LogP) is 2.64. The minimum absolute atomic E-state index is 0.157. The van der Waals surface area contributed by atoms with Crippen molar-refractivity contribution in [3.8, 4) is 0 Å². The molecule has 0 spiro atoms. The number of hydrogen-bond donors (Lipinski definition) is 3. The van der Waals surface area contributed by atoms with E-state index in [9.17, 15) is 14.3 Å². The number of hydrogen-bond acceptors (Lipinski definition) is 2. The van der Waals surface area contributed by atoms with E-state index in [2.05, 4.69) is 10.3 Å². The van der Waals surface area contributed by atoms with Gasteiger partial charge in [-0.2, -0.15) is 0 Å². The van der Waals surface area contributed by atoms with Crippen LogP contribution < -0.4 is 5.32 Å². The van der Waals surface area contributed by atoms with Crippen LogP contribution in [0, 0.1) is 5.82 Å². The number of nitrogens with one attached hydrogen (secondary N) is 2. The average Bonchev–Trinajstić information content (AvgIpc) is 2.98. The van der Waals surface area contributed by atoms with Crippen molar-refractivity contribution in [3.63, 3.8) is 0 Å². The van der Waals surface area contributed by atoms with Gasteiger partial charge in [-0.25, -0.2) is 4.39 Å². The van der Waals surface area contributed by atoms with E-state index >= 15 is 0 Å². The van der Waals surface area contributed by atoms with Crippen LogP contribution in [0.2, 0.25) is 0 Å². The lowest BCUT2D eigenvalue weighted by Crippen LogP contribution is -2.39. The molecule has 4 nitrogen and oxygen atoms in total. The van der Waals surface area contributed by atoms with Crippen LogP contribution in [0.1, 0.15) is 16.1 Å². The summed E-state index contributed by atoms with van der Waals surface area (Å²) < 4.78 is 13.2. The number of aliphatic hydroxyl groups is 1. The number of rotatable bonds is 5. The van der Waals surface area contributed by atoms with Gasteiger partial charge in [0, 0.05) is 10.9 Å². The zero-order valence-electron chi connectivity index (χ0n) is 12.4. The zero-order valence-corrected chi connectivity index (χ0v) is 12.4. The number of H-pyrrole nitrogens is 1. The second-order valence-electron chi connectivity index (χ2n) is 5.46. The highest BCUT2D eigenvalue weighted by Crippen LogP contribution is 2.16. The van der Waals surface area contributed by atoms with Gasteiger partial charge in [0.2, 0.25) is 0 Å². The number of carbonyl (C=O) groups is 1. The Labute approximate surface area is 133 Å². The summed E-state index contributed by atoms with van der Waals surface area (Å²) in [6.45, 7) is -0.157. The number of aliphatic hydroxyl groups excluding tert-OH is 1. The number of aromatic amines is 1. The summed E-state index contributed by atoms with van der Waals surface area (Å²) in [5.41, 5.74) is 2.07. The van der Waals surface area contributed by atoms with Gasteiger partial charge in [-0.15, -0.1) is 0 Å². The molecule has 118 valence electrons. The average molecular weight is 312 g/mol. The summed E-state index contributed by atoms with van der Waals surface area (Å²) >= 11 is 0. The van der Waals surface area contributed by atoms with Crippen LogP contribution >= 0.6 is 0 Å². The molecule has 0 bridgehead atoms. The zero-order chi connectivity index (χ0) is 16.2. The van der Waals surface area contributed by atoms with E-state index in [1.54, 1.807) is 12.1 Å². The third-order valence-electron chi connectivity index (χ3n) is 3.71. The van der Waals surface area contributed by atoms with E-state index in [-0.39, 0.29) is 24.4 Å². The van der Waals surface area contributed by atoms with Crippen molar-refractivity contribution in [2.75, 3.05) is 6.61 Å². The van der Waals surface area contributed by atoms with Gasteiger partial charge >= 0.3 is 0 Å². The van der Waals surface area contributed by atoms with Crippen LogP contribution in [0.25, 0.3) is 10.9 Å². The van der Waals surface area contributed by atoms with Crippen molar-refractivity contribution in [1.29, 1.82) is 0 Å². The van der Waals surface area contributed by atoms with E-state index in [1.807, 2.05) is 30.3 Å².